The van der Waals surface area contributed by atoms with Gasteiger partial charge in [0.1, 0.15) is 0 Å². The molecule has 1 aromatic carbocycles. The second kappa shape index (κ2) is 8.64. The van der Waals surface area contributed by atoms with Crippen molar-refractivity contribution in [2.75, 3.05) is 19.1 Å². The lowest BCUT2D eigenvalue weighted by atomic mass is 9.98. The molecule has 0 bridgehead atoms. The summed E-state index contributed by atoms with van der Waals surface area (Å²) in [5.41, 5.74) is 4.53. The number of hydrogen-bond donors (Lipinski definition) is 3. The fraction of sp³-hybridized carbons (Fsp3) is 0.250. The molecule has 2 amide bonds. The van der Waals surface area contributed by atoms with Gasteiger partial charge in [0.25, 0.3) is 0 Å². The average molecular weight is 458 g/mol. The maximum Gasteiger partial charge on any atom is 0.332 e. The van der Waals surface area contributed by atoms with E-state index < -0.39 is 15.9 Å². The number of nitrogens with one attached hydrogen (secondary N) is 3. The van der Waals surface area contributed by atoms with E-state index in [-0.39, 0.29) is 5.03 Å². The Balaban J connectivity index is 1.65. The number of fused-ring (bicyclic) bond motifs is 1. The van der Waals surface area contributed by atoms with Crippen molar-refractivity contribution in [1.29, 1.82) is 4.78 Å². The highest BCUT2D eigenvalue weighted by Gasteiger charge is 2.23. The third kappa shape index (κ3) is 4.40. The largest absolute Gasteiger partial charge is 0.481 e. The second-order valence-electron chi connectivity index (χ2n) is 7.00. The minimum absolute atomic E-state index is 0.0226. The first kappa shape index (κ1) is 21.3. The molecule has 1 aliphatic carbocycles. The van der Waals surface area contributed by atoms with Crippen LogP contribution in [0.3, 0.4) is 0 Å². The summed E-state index contributed by atoms with van der Waals surface area (Å²) in [6.07, 6.45) is 6.06. The summed E-state index contributed by atoms with van der Waals surface area (Å²) >= 11 is 0. The minimum atomic E-state index is -3.59. The van der Waals surface area contributed by atoms with Crippen LogP contribution in [0.4, 0.5) is 10.5 Å². The van der Waals surface area contributed by atoms with Gasteiger partial charge in [-0.2, -0.15) is 5.10 Å². The van der Waals surface area contributed by atoms with Gasteiger partial charge in [-0.15, -0.1) is 0 Å². The molecule has 3 N–H and O–H groups in total. The smallest absolute Gasteiger partial charge is 0.332 e. The zero-order chi connectivity index (χ0) is 22.0. The van der Waals surface area contributed by atoms with E-state index in [1.54, 1.807) is 30.0 Å². The van der Waals surface area contributed by atoms with Crippen LogP contribution < -0.4 is 14.8 Å². The molecule has 1 aliphatic rings. The molecule has 0 radical (unpaired) electrons. The lowest BCUT2D eigenvalue weighted by molar-refractivity contribution is 0.256. The van der Waals surface area contributed by atoms with Gasteiger partial charge in [0.05, 0.1) is 12.8 Å². The molecule has 4 rings (SSSR count). The number of amides is 2. The monoisotopic (exact) mass is 458 g/mol. The highest BCUT2D eigenvalue weighted by Crippen LogP contribution is 2.38. The zero-order valence-corrected chi connectivity index (χ0v) is 19.0. The molecule has 0 saturated carbocycles. The Hall–Kier alpha value is -2.97. The quantitative estimate of drug-likeness (QED) is 0.487. The fourth-order valence-electron chi connectivity index (χ4n) is 3.65. The first-order chi connectivity index (χ1) is 14.9. The molecular weight excluding hydrogens is 435 g/mol. The number of rotatable bonds is 6. The summed E-state index contributed by atoms with van der Waals surface area (Å²) in [6, 6.07) is 8.44. The van der Waals surface area contributed by atoms with Crippen molar-refractivity contribution in [1.82, 2.24) is 19.3 Å². The standard InChI is InChI=1S/C20H23N6O3PS/c1-29-17-12-14(8-10-22-17)16-7-6-13-4-3-5-15(13)19(16)23-20(27)25-31(21,28)18-9-11-26(24-18)30-2/h6-12,30H,3-5H2,1-2H3,(H3,21,23,25,27,28). The van der Waals surface area contributed by atoms with Crippen molar-refractivity contribution >= 4 is 30.4 Å². The van der Waals surface area contributed by atoms with Gasteiger partial charge in [-0.1, -0.05) is 12.1 Å². The summed E-state index contributed by atoms with van der Waals surface area (Å²) in [5, 5.41) is 6.98. The Bertz CT molecular complexity index is 1240. The maximum absolute atomic E-state index is 12.8. The van der Waals surface area contributed by atoms with Gasteiger partial charge < -0.3 is 10.1 Å². The molecule has 0 spiro atoms. The molecule has 0 aliphatic heterocycles. The SMILES string of the molecule is COc1cc(-c2ccc3c(c2NC(=O)NS(=N)(=O)c2ccn(PC)n2)CCC3)ccn1. The molecule has 31 heavy (non-hydrogen) atoms. The summed E-state index contributed by atoms with van der Waals surface area (Å²) in [7, 11) is -1.70. The molecule has 2 unspecified atom stereocenters. The second-order valence-corrected chi connectivity index (χ2v) is 9.64. The van der Waals surface area contributed by atoms with E-state index in [1.807, 2.05) is 18.8 Å². The summed E-state index contributed by atoms with van der Waals surface area (Å²) < 4.78 is 30.0. The van der Waals surface area contributed by atoms with E-state index in [2.05, 4.69) is 26.2 Å². The Morgan fingerprint density at radius 3 is 2.87 bits per heavy atom. The third-order valence-electron chi connectivity index (χ3n) is 5.10. The van der Waals surface area contributed by atoms with E-state index in [1.165, 1.54) is 11.6 Å². The van der Waals surface area contributed by atoms with E-state index >= 15 is 0 Å². The molecule has 0 saturated heterocycles. The Labute approximate surface area is 182 Å². The molecule has 2 heterocycles. The Morgan fingerprint density at radius 1 is 1.29 bits per heavy atom. The van der Waals surface area contributed by atoms with Gasteiger partial charge in [0.2, 0.25) is 5.88 Å². The van der Waals surface area contributed by atoms with Gasteiger partial charge in [0.15, 0.2) is 14.9 Å². The molecule has 2 aromatic heterocycles. The van der Waals surface area contributed by atoms with Gasteiger partial charge in [-0.05, 0) is 63.5 Å². The van der Waals surface area contributed by atoms with Crippen LogP contribution in [-0.2, 0) is 22.8 Å². The van der Waals surface area contributed by atoms with Crippen molar-refractivity contribution < 1.29 is 13.7 Å². The lowest BCUT2D eigenvalue weighted by Crippen LogP contribution is -2.34. The predicted octanol–water partition coefficient (Wildman–Crippen LogP) is 3.66. The van der Waals surface area contributed by atoms with E-state index in [0.29, 0.717) is 20.3 Å². The minimum Gasteiger partial charge on any atom is -0.481 e. The molecule has 0 fully saturated rings. The van der Waals surface area contributed by atoms with Gasteiger partial charge in [-0.3, -0.25) is 4.45 Å². The zero-order valence-electron chi connectivity index (χ0n) is 17.1. The number of carbonyl (C=O) groups excluding carboxylic acids is 1. The molecule has 11 heteroatoms. The van der Waals surface area contributed by atoms with Crippen molar-refractivity contribution in [3.63, 3.8) is 0 Å². The molecule has 162 valence electrons. The van der Waals surface area contributed by atoms with Gasteiger partial charge in [-0.25, -0.2) is 23.5 Å². The summed E-state index contributed by atoms with van der Waals surface area (Å²) in [4.78, 5) is 16.9. The average Bonchev–Trinajstić information content (AvgIpc) is 3.43. The number of nitrogens with zero attached hydrogens (tertiary/aromatic N) is 3. The van der Waals surface area contributed by atoms with Crippen LogP contribution in [0, 0.1) is 4.78 Å². The van der Waals surface area contributed by atoms with Crippen molar-refractivity contribution in [3.8, 4) is 17.0 Å². The van der Waals surface area contributed by atoms with Crippen LogP contribution in [0.5, 0.6) is 5.88 Å². The first-order valence-electron chi connectivity index (χ1n) is 9.67. The Kier molecular flexibility index (Phi) is 5.93. The number of hydrogen-bond acceptors (Lipinski definition) is 6. The van der Waals surface area contributed by atoms with Crippen LogP contribution in [0.15, 0.2) is 47.8 Å². The molecule has 2 atom stereocenters. The summed E-state index contributed by atoms with van der Waals surface area (Å²) in [6.45, 7) is 1.91. The molecule has 3 aromatic rings. The van der Waals surface area contributed by atoms with Crippen LogP contribution >= 0.6 is 8.73 Å². The van der Waals surface area contributed by atoms with Crippen molar-refractivity contribution in [2.45, 2.75) is 24.3 Å². The first-order valence-corrected chi connectivity index (χ1v) is 12.7. The van der Waals surface area contributed by atoms with Crippen LogP contribution in [-0.4, -0.2) is 38.5 Å². The summed E-state index contributed by atoms with van der Waals surface area (Å²) in [5.74, 6) is 0.467. The molecule has 9 nitrogen and oxygen atoms in total. The number of carbonyl (C=O) groups is 1. The third-order valence-corrected chi connectivity index (χ3v) is 7.09. The van der Waals surface area contributed by atoms with Crippen LogP contribution in [0.1, 0.15) is 17.5 Å². The number of benzene rings is 1. The number of ether oxygens (including phenoxy) is 1. The number of pyridine rings is 1. The predicted molar refractivity (Wildman–Crippen MR) is 121 cm³/mol. The lowest BCUT2D eigenvalue weighted by Gasteiger charge is -2.17. The topological polar surface area (TPSA) is 122 Å². The van der Waals surface area contributed by atoms with Crippen LogP contribution in [0.2, 0.25) is 0 Å². The number of methoxy groups -OCH3 is 1. The number of anilines is 1. The van der Waals surface area contributed by atoms with Gasteiger partial charge >= 0.3 is 6.03 Å². The highest BCUT2D eigenvalue weighted by atomic mass is 32.2. The number of urea groups is 1. The van der Waals surface area contributed by atoms with Gasteiger partial charge in [0, 0.05) is 24.0 Å². The van der Waals surface area contributed by atoms with E-state index in [9.17, 15) is 9.00 Å². The highest BCUT2D eigenvalue weighted by molar-refractivity contribution is 7.91. The normalized spacial score (nSPS) is 14.9. The number of aromatic nitrogens is 3. The van der Waals surface area contributed by atoms with E-state index in [4.69, 9.17) is 9.52 Å². The number of aryl methyl sites for hydroxylation is 1. The van der Waals surface area contributed by atoms with Crippen molar-refractivity contribution in [2.24, 2.45) is 0 Å². The molecular formula is C20H23N6O3PS. The van der Waals surface area contributed by atoms with Crippen LogP contribution in [0.25, 0.3) is 11.1 Å². The van der Waals surface area contributed by atoms with E-state index in [0.717, 1.165) is 36.0 Å². The fourth-order valence-corrected chi connectivity index (χ4v) is 5.02. The van der Waals surface area contributed by atoms with Crippen molar-refractivity contribution in [3.05, 3.63) is 53.9 Å². The Morgan fingerprint density at radius 2 is 2.13 bits per heavy atom. The maximum atomic E-state index is 12.8.